The topological polar surface area (TPSA) is 42.1 Å². The number of aromatic amines is 1. The van der Waals surface area contributed by atoms with Crippen LogP contribution >= 0.6 is 0 Å². The van der Waals surface area contributed by atoms with E-state index in [1.165, 1.54) is 12.3 Å². The molecule has 0 amide bonds. The van der Waals surface area contributed by atoms with Crippen molar-refractivity contribution in [3.05, 3.63) is 29.7 Å². The molecule has 1 aromatic carbocycles. The Morgan fingerprint density at radius 3 is 2.61 bits per heavy atom. The van der Waals surface area contributed by atoms with Gasteiger partial charge in [-0.05, 0) is 45.4 Å². The fourth-order valence-corrected chi connectivity index (χ4v) is 1.64. The van der Waals surface area contributed by atoms with Gasteiger partial charge in [0.1, 0.15) is 5.82 Å². The van der Waals surface area contributed by atoms with Crippen LogP contribution in [0.25, 0.3) is 10.9 Å². The first-order chi connectivity index (χ1) is 8.29. The van der Waals surface area contributed by atoms with Crippen LogP contribution in [0.3, 0.4) is 0 Å². The van der Waals surface area contributed by atoms with Crippen molar-refractivity contribution in [2.24, 2.45) is 5.41 Å². The SMILES string of the molecule is Cc1cc(F)c2[nH]cc(OC(=O)C(C)(C)C)c2c1. The Labute approximate surface area is 105 Å². The zero-order valence-electron chi connectivity index (χ0n) is 10.9. The minimum Gasteiger partial charge on any atom is -0.424 e. The molecule has 0 bridgehead atoms. The highest BCUT2D eigenvalue weighted by molar-refractivity contribution is 5.90. The molecule has 0 aliphatic carbocycles. The molecule has 0 aliphatic heterocycles. The molecule has 0 radical (unpaired) electrons. The van der Waals surface area contributed by atoms with Gasteiger partial charge in [-0.3, -0.25) is 4.79 Å². The summed E-state index contributed by atoms with van der Waals surface area (Å²) in [6.07, 6.45) is 1.51. The lowest BCUT2D eigenvalue weighted by Crippen LogP contribution is -2.25. The number of nitrogens with one attached hydrogen (secondary N) is 1. The van der Waals surface area contributed by atoms with Gasteiger partial charge in [0.2, 0.25) is 0 Å². The molecule has 2 rings (SSSR count). The predicted octanol–water partition coefficient (Wildman–Crippen LogP) is 3.57. The number of carbonyl (C=O) groups is 1. The summed E-state index contributed by atoms with van der Waals surface area (Å²) in [6.45, 7) is 7.12. The number of aromatic nitrogens is 1. The summed E-state index contributed by atoms with van der Waals surface area (Å²) in [5.41, 5.74) is 0.552. The average Bonchev–Trinajstić information content (AvgIpc) is 2.60. The third-order valence-electron chi connectivity index (χ3n) is 2.66. The summed E-state index contributed by atoms with van der Waals surface area (Å²) in [5, 5.41) is 0.588. The Morgan fingerprint density at radius 1 is 1.33 bits per heavy atom. The van der Waals surface area contributed by atoms with Crippen molar-refractivity contribution in [2.45, 2.75) is 27.7 Å². The summed E-state index contributed by atoms with van der Waals surface area (Å²) in [5.74, 6) is -0.319. The molecule has 0 spiro atoms. The second-order valence-electron chi connectivity index (χ2n) is 5.46. The maximum atomic E-state index is 13.7. The van der Waals surface area contributed by atoms with Crippen LogP contribution in [0.15, 0.2) is 18.3 Å². The number of hydrogen-bond acceptors (Lipinski definition) is 2. The zero-order chi connectivity index (χ0) is 13.5. The van der Waals surface area contributed by atoms with Gasteiger partial charge in [0.15, 0.2) is 5.75 Å². The number of H-pyrrole nitrogens is 1. The molecular weight excluding hydrogens is 233 g/mol. The van der Waals surface area contributed by atoms with Gasteiger partial charge in [-0.15, -0.1) is 0 Å². The number of fused-ring (bicyclic) bond motifs is 1. The first-order valence-corrected chi connectivity index (χ1v) is 5.78. The van der Waals surface area contributed by atoms with E-state index in [1.54, 1.807) is 33.8 Å². The smallest absolute Gasteiger partial charge is 0.316 e. The van der Waals surface area contributed by atoms with E-state index in [9.17, 15) is 9.18 Å². The Kier molecular flexibility index (Phi) is 2.89. The van der Waals surface area contributed by atoms with Gasteiger partial charge in [-0.25, -0.2) is 4.39 Å². The fraction of sp³-hybridized carbons (Fsp3) is 0.357. The van der Waals surface area contributed by atoms with Crippen LogP contribution in [0.2, 0.25) is 0 Å². The molecule has 96 valence electrons. The van der Waals surface area contributed by atoms with Crippen molar-refractivity contribution in [1.29, 1.82) is 0 Å². The monoisotopic (exact) mass is 249 g/mol. The van der Waals surface area contributed by atoms with Gasteiger partial charge in [0, 0.05) is 11.6 Å². The molecule has 0 atom stereocenters. The highest BCUT2D eigenvalue weighted by Crippen LogP contribution is 2.30. The molecule has 0 aliphatic rings. The summed E-state index contributed by atoms with van der Waals surface area (Å²) in [4.78, 5) is 14.6. The molecule has 0 fully saturated rings. The summed E-state index contributed by atoms with van der Waals surface area (Å²) in [7, 11) is 0. The number of benzene rings is 1. The molecule has 4 heteroatoms. The number of esters is 1. The molecule has 3 nitrogen and oxygen atoms in total. The maximum Gasteiger partial charge on any atom is 0.316 e. The van der Waals surface area contributed by atoms with Gasteiger partial charge in [-0.1, -0.05) is 0 Å². The molecule has 0 unspecified atom stereocenters. The van der Waals surface area contributed by atoms with E-state index in [2.05, 4.69) is 4.98 Å². The van der Waals surface area contributed by atoms with Crippen molar-refractivity contribution < 1.29 is 13.9 Å². The summed E-state index contributed by atoms with van der Waals surface area (Å²) < 4.78 is 19.0. The fourth-order valence-electron chi connectivity index (χ4n) is 1.64. The molecule has 0 saturated carbocycles. The number of hydrogen-bond donors (Lipinski definition) is 1. The second-order valence-corrected chi connectivity index (χ2v) is 5.46. The van der Waals surface area contributed by atoms with Crippen LogP contribution in [0.5, 0.6) is 5.75 Å². The third-order valence-corrected chi connectivity index (χ3v) is 2.66. The van der Waals surface area contributed by atoms with Crippen molar-refractivity contribution in [1.82, 2.24) is 4.98 Å². The van der Waals surface area contributed by atoms with E-state index in [4.69, 9.17) is 4.74 Å². The first kappa shape index (κ1) is 12.6. The van der Waals surface area contributed by atoms with E-state index < -0.39 is 5.41 Å². The van der Waals surface area contributed by atoms with Gasteiger partial charge in [0.25, 0.3) is 0 Å². The number of carbonyl (C=O) groups excluding carboxylic acids is 1. The van der Waals surface area contributed by atoms with Crippen LogP contribution in [0.1, 0.15) is 26.3 Å². The van der Waals surface area contributed by atoms with Crippen LogP contribution in [0.4, 0.5) is 4.39 Å². The highest BCUT2D eigenvalue weighted by Gasteiger charge is 2.25. The minimum atomic E-state index is -0.591. The van der Waals surface area contributed by atoms with Crippen molar-refractivity contribution in [2.75, 3.05) is 0 Å². The van der Waals surface area contributed by atoms with Crippen molar-refractivity contribution in [3.8, 4) is 5.75 Å². The highest BCUT2D eigenvalue weighted by atomic mass is 19.1. The second kappa shape index (κ2) is 4.12. The Bertz CT molecular complexity index is 608. The lowest BCUT2D eigenvalue weighted by atomic mass is 9.97. The largest absolute Gasteiger partial charge is 0.424 e. The van der Waals surface area contributed by atoms with Crippen LogP contribution in [0, 0.1) is 18.2 Å². The summed E-state index contributed by atoms with van der Waals surface area (Å²) in [6, 6.07) is 3.23. The predicted molar refractivity (Wildman–Crippen MR) is 68.1 cm³/mol. The van der Waals surface area contributed by atoms with Gasteiger partial charge >= 0.3 is 5.97 Å². The normalized spacial score (nSPS) is 11.8. The number of aryl methyl sites for hydroxylation is 1. The van der Waals surface area contributed by atoms with Gasteiger partial charge in [0.05, 0.1) is 10.9 Å². The lowest BCUT2D eigenvalue weighted by molar-refractivity contribution is -0.142. The van der Waals surface area contributed by atoms with E-state index >= 15 is 0 Å². The van der Waals surface area contributed by atoms with E-state index in [0.29, 0.717) is 16.7 Å². The van der Waals surface area contributed by atoms with Gasteiger partial charge < -0.3 is 9.72 Å². The van der Waals surface area contributed by atoms with E-state index in [0.717, 1.165) is 5.56 Å². The molecule has 1 heterocycles. The van der Waals surface area contributed by atoms with Crippen LogP contribution in [-0.4, -0.2) is 11.0 Å². The molecule has 2 aromatic rings. The Morgan fingerprint density at radius 2 is 2.00 bits per heavy atom. The van der Waals surface area contributed by atoms with Crippen molar-refractivity contribution in [3.63, 3.8) is 0 Å². The van der Waals surface area contributed by atoms with E-state index in [1.807, 2.05) is 0 Å². The quantitative estimate of drug-likeness (QED) is 0.785. The van der Waals surface area contributed by atoms with Crippen molar-refractivity contribution >= 4 is 16.9 Å². The maximum absolute atomic E-state index is 13.7. The van der Waals surface area contributed by atoms with Gasteiger partial charge in [-0.2, -0.15) is 0 Å². The first-order valence-electron chi connectivity index (χ1n) is 5.78. The Balaban J connectivity index is 2.44. The number of ether oxygens (including phenoxy) is 1. The molecule has 18 heavy (non-hydrogen) atoms. The minimum absolute atomic E-state index is 0.342. The van der Waals surface area contributed by atoms with E-state index in [-0.39, 0.29) is 11.8 Å². The number of rotatable bonds is 1. The molecule has 0 saturated heterocycles. The summed E-state index contributed by atoms with van der Waals surface area (Å²) >= 11 is 0. The molecule has 1 aromatic heterocycles. The lowest BCUT2D eigenvalue weighted by Gasteiger charge is -2.15. The standard InChI is InChI=1S/C14H16FNO2/c1-8-5-9-11(18-13(17)14(2,3)4)7-16-12(9)10(15)6-8/h5-7,16H,1-4H3. The molecular formula is C14H16FNO2. The van der Waals surface area contributed by atoms with Crippen LogP contribution in [-0.2, 0) is 4.79 Å². The average molecular weight is 249 g/mol. The third kappa shape index (κ3) is 2.23. The zero-order valence-corrected chi connectivity index (χ0v) is 10.9. The molecule has 1 N–H and O–H groups in total. The number of halogens is 1. The van der Waals surface area contributed by atoms with Crippen LogP contribution < -0.4 is 4.74 Å². The Hall–Kier alpha value is -1.84.